The van der Waals surface area contributed by atoms with Crippen LogP contribution in [0.25, 0.3) is 0 Å². The van der Waals surface area contributed by atoms with Gasteiger partial charge in [0.25, 0.3) is 0 Å². The summed E-state index contributed by atoms with van der Waals surface area (Å²) in [5, 5.41) is 0. The van der Waals surface area contributed by atoms with Gasteiger partial charge < -0.3 is 4.74 Å². The van der Waals surface area contributed by atoms with Crippen LogP contribution in [0.5, 0.6) is 5.75 Å². The van der Waals surface area contributed by atoms with E-state index in [4.69, 9.17) is 14.5 Å². The first-order valence-electron chi connectivity index (χ1n) is 6.99. The number of hydrogen-bond donors (Lipinski definition) is 0. The van der Waals surface area contributed by atoms with E-state index in [-0.39, 0.29) is 12.1 Å². The van der Waals surface area contributed by atoms with Crippen molar-refractivity contribution in [3.63, 3.8) is 0 Å². The van der Waals surface area contributed by atoms with Crippen LogP contribution in [-0.4, -0.2) is 12.6 Å². The molecule has 3 rings (SSSR count). The summed E-state index contributed by atoms with van der Waals surface area (Å²) in [5.74, 6) is 0.140. The molecule has 1 atom stereocenters. The third-order valence-electron chi connectivity index (χ3n) is 3.36. The lowest BCUT2D eigenvalue weighted by molar-refractivity contribution is -0.348. The van der Waals surface area contributed by atoms with Crippen molar-refractivity contribution in [1.82, 2.24) is 0 Å². The molecule has 1 saturated heterocycles. The second-order valence-corrected chi connectivity index (χ2v) is 4.84. The Balaban J connectivity index is 1.80. The molecule has 0 spiro atoms. The van der Waals surface area contributed by atoms with E-state index in [0.29, 0.717) is 17.9 Å². The summed E-state index contributed by atoms with van der Waals surface area (Å²) >= 11 is 0. The van der Waals surface area contributed by atoms with Crippen molar-refractivity contribution in [2.75, 3.05) is 6.61 Å². The van der Waals surface area contributed by atoms with Crippen LogP contribution in [0.4, 0.5) is 0 Å². The highest BCUT2D eigenvalue weighted by Gasteiger charge is 2.22. The summed E-state index contributed by atoms with van der Waals surface area (Å²) in [5.41, 5.74) is 1.36. The molecule has 1 heterocycles. The molecule has 2 aromatic rings. The average Bonchev–Trinajstić information content (AvgIpc) is 2.57. The molecule has 108 valence electrons. The Labute approximate surface area is 123 Å². The Kier molecular flexibility index (Phi) is 4.28. The maximum absolute atomic E-state index is 12.2. The number of rotatable bonds is 3. The van der Waals surface area contributed by atoms with Gasteiger partial charge in [-0.25, -0.2) is 14.6 Å². The molecule has 21 heavy (non-hydrogen) atoms. The highest BCUT2D eigenvalue weighted by atomic mass is 17.2. The minimum atomic E-state index is -0.375. The molecule has 0 amide bonds. The zero-order chi connectivity index (χ0) is 14.5. The number of para-hydroxylation sites is 1. The van der Waals surface area contributed by atoms with Gasteiger partial charge in [0.1, 0.15) is 11.9 Å². The van der Waals surface area contributed by atoms with Crippen molar-refractivity contribution >= 4 is 5.97 Å². The number of ether oxygens (including phenoxy) is 1. The summed E-state index contributed by atoms with van der Waals surface area (Å²) in [4.78, 5) is 22.5. The maximum atomic E-state index is 12.2. The molecule has 4 heteroatoms. The zero-order valence-corrected chi connectivity index (χ0v) is 11.5. The van der Waals surface area contributed by atoms with Crippen LogP contribution in [0.15, 0.2) is 54.6 Å². The van der Waals surface area contributed by atoms with E-state index in [0.717, 1.165) is 18.4 Å². The molecule has 0 N–H and O–H groups in total. The fourth-order valence-electron chi connectivity index (χ4n) is 2.29. The highest BCUT2D eigenvalue weighted by Crippen LogP contribution is 2.33. The molecule has 1 unspecified atom stereocenters. The highest BCUT2D eigenvalue weighted by molar-refractivity contribution is 5.91. The van der Waals surface area contributed by atoms with Crippen molar-refractivity contribution in [2.45, 2.75) is 18.9 Å². The van der Waals surface area contributed by atoms with Gasteiger partial charge in [-0.15, -0.1) is 0 Å². The molecule has 0 radical (unpaired) electrons. The number of benzene rings is 2. The zero-order valence-electron chi connectivity index (χ0n) is 11.5. The molecular weight excluding hydrogens is 268 g/mol. The summed E-state index contributed by atoms with van der Waals surface area (Å²) < 4.78 is 5.51. The molecular formula is C17H16O4. The fourth-order valence-corrected chi connectivity index (χ4v) is 2.29. The topological polar surface area (TPSA) is 44.8 Å². The lowest BCUT2D eigenvalue weighted by Crippen LogP contribution is -2.16. The summed E-state index contributed by atoms with van der Waals surface area (Å²) in [6, 6.07) is 16.3. The van der Waals surface area contributed by atoms with Crippen LogP contribution >= 0.6 is 0 Å². The van der Waals surface area contributed by atoms with Gasteiger partial charge >= 0.3 is 5.97 Å². The summed E-state index contributed by atoms with van der Waals surface area (Å²) in [6.07, 6.45) is 1.57. The molecule has 2 aromatic carbocycles. The maximum Gasteiger partial charge on any atom is 0.343 e. The minimum Gasteiger partial charge on any atom is -0.423 e. The van der Waals surface area contributed by atoms with E-state index in [2.05, 4.69) is 0 Å². The first-order chi connectivity index (χ1) is 10.3. The molecule has 4 nitrogen and oxygen atoms in total. The van der Waals surface area contributed by atoms with Crippen molar-refractivity contribution < 1.29 is 19.3 Å². The number of carbonyl (C=O) groups excluding carboxylic acids is 1. The summed E-state index contributed by atoms with van der Waals surface area (Å²) in [6.45, 7) is 0.600. The summed E-state index contributed by atoms with van der Waals surface area (Å²) in [7, 11) is 0. The lowest BCUT2D eigenvalue weighted by Gasteiger charge is -2.23. The van der Waals surface area contributed by atoms with Gasteiger partial charge in [0, 0.05) is 5.56 Å². The van der Waals surface area contributed by atoms with Crippen molar-refractivity contribution in [3.05, 3.63) is 65.7 Å². The predicted octanol–water partition coefficient (Wildman–Crippen LogP) is 3.69. The van der Waals surface area contributed by atoms with Gasteiger partial charge in [0.05, 0.1) is 12.2 Å². The molecule has 1 aliphatic rings. The van der Waals surface area contributed by atoms with Crippen molar-refractivity contribution in [1.29, 1.82) is 0 Å². The van der Waals surface area contributed by atoms with Crippen LogP contribution in [0, 0.1) is 0 Å². The molecule has 0 bridgehead atoms. The largest absolute Gasteiger partial charge is 0.423 e. The minimum absolute atomic E-state index is 0.196. The number of carbonyl (C=O) groups is 1. The van der Waals surface area contributed by atoms with Gasteiger partial charge in [-0.05, 0) is 31.0 Å². The van der Waals surface area contributed by atoms with Crippen LogP contribution in [-0.2, 0) is 9.78 Å². The average molecular weight is 284 g/mol. The SMILES string of the molecule is O=C(Oc1ccccc1C1CCCOO1)c1ccccc1. The predicted molar refractivity (Wildman–Crippen MR) is 76.9 cm³/mol. The Morgan fingerprint density at radius 1 is 1.05 bits per heavy atom. The van der Waals surface area contributed by atoms with Crippen molar-refractivity contribution in [3.8, 4) is 5.75 Å². The quantitative estimate of drug-likeness (QED) is 0.490. The third-order valence-corrected chi connectivity index (χ3v) is 3.36. The van der Waals surface area contributed by atoms with E-state index in [1.165, 1.54) is 0 Å². The molecule has 0 aliphatic carbocycles. The normalized spacial score (nSPS) is 18.2. The Bertz CT molecular complexity index is 603. The van der Waals surface area contributed by atoms with Gasteiger partial charge in [-0.1, -0.05) is 36.4 Å². The smallest absolute Gasteiger partial charge is 0.343 e. The second-order valence-electron chi connectivity index (χ2n) is 4.84. The molecule has 0 saturated carbocycles. The van der Waals surface area contributed by atoms with Crippen LogP contribution < -0.4 is 4.74 Å². The van der Waals surface area contributed by atoms with Crippen molar-refractivity contribution in [2.24, 2.45) is 0 Å². The Morgan fingerprint density at radius 3 is 2.57 bits per heavy atom. The Morgan fingerprint density at radius 2 is 1.81 bits per heavy atom. The number of hydrogen-bond acceptors (Lipinski definition) is 4. The number of esters is 1. The monoisotopic (exact) mass is 284 g/mol. The standard InChI is InChI=1S/C17H16O4/c18-17(13-7-2-1-3-8-13)20-15-10-5-4-9-14(15)16-11-6-12-19-21-16/h1-5,7-10,16H,6,11-12H2. The Hall–Kier alpha value is -2.17. The van der Waals surface area contributed by atoms with E-state index in [1.807, 2.05) is 24.3 Å². The van der Waals surface area contributed by atoms with E-state index >= 15 is 0 Å². The van der Waals surface area contributed by atoms with E-state index in [1.54, 1.807) is 30.3 Å². The first kappa shape index (κ1) is 13.8. The van der Waals surface area contributed by atoms with Gasteiger partial charge in [-0.3, -0.25) is 0 Å². The molecule has 1 aliphatic heterocycles. The lowest BCUT2D eigenvalue weighted by atomic mass is 10.0. The van der Waals surface area contributed by atoms with Crippen LogP contribution in [0.1, 0.15) is 34.9 Å². The van der Waals surface area contributed by atoms with Gasteiger partial charge in [0.2, 0.25) is 0 Å². The van der Waals surface area contributed by atoms with Crippen LogP contribution in [0.3, 0.4) is 0 Å². The molecule has 1 fully saturated rings. The second kappa shape index (κ2) is 6.52. The van der Waals surface area contributed by atoms with Crippen LogP contribution in [0.2, 0.25) is 0 Å². The van der Waals surface area contributed by atoms with E-state index in [9.17, 15) is 4.79 Å². The van der Waals surface area contributed by atoms with Gasteiger partial charge in [0.15, 0.2) is 0 Å². The van der Waals surface area contributed by atoms with E-state index < -0.39 is 0 Å². The molecule has 0 aromatic heterocycles. The first-order valence-corrected chi connectivity index (χ1v) is 6.99. The fraction of sp³-hybridized carbons (Fsp3) is 0.235. The third kappa shape index (κ3) is 3.29. The van der Waals surface area contributed by atoms with Gasteiger partial charge in [-0.2, -0.15) is 0 Å².